The molecule has 3 rings (SSSR count). The summed E-state index contributed by atoms with van der Waals surface area (Å²) >= 11 is 0. The van der Waals surface area contributed by atoms with Gasteiger partial charge in [0, 0.05) is 32.1 Å². The van der Waals surface area contributed by atoms with Crippen molar-refractivity contribution in [2.45, 2.75) is 64.6 Å². The number of rotatable bonds is 6. The van der Waals surface area contributed by atoms with Gasteiger partial charge in [-0.1, -0.05) is 30.3 Å². The molecule has 0 radical (unpaired) electrons. The van der Waals surface area contributed by atoms with Crippen molar-refractivity contribution in [1.29, 1.82) is 0 Å². The van der Waals surface area contributed by atoms with Gasteiger partial charge in [-0.15, -0.1) is 0 Å². The van der Waals surface area contributed by atoms with Gasteiger partial charge in [-0.3, -0.25) is 14.4 Å². The fourth-order valence-electron chi connectivity index (χ4n) is 4.36. The van der Waals surface area contributed by atoms with E-state index in [0.717, 1.165) is 5.56 Å². The van der Waals surface area contributed by atoms with Gasteiger partial charge in [0.05, 0.1) is 12.0 Å². The molecule has 0 aromatic heterocycles. The fourth-order valence-corrected chi connectivity index (χ4v) is 4.36. The van der Waals surface area contributed by atoms with E-state index in [4.69, 9.17) is 4.74 Å². The second-order valence-electron chi connectivity index (χ2n) is 10.1. The molecular formula is C25H36N4O5. The van der Waals surface area contributed by atoms with E-state index in [9.17, 15) is 19.2 Å². The highest BCUT2D eigenvalue weighted by Gasteiger charge is 2.38. The van der Waals surface area contributed by atoms with E-state index >= 15 is 0 Å². The zero-order valence-electron chi connectivity index (χ0n) is 20.5. The Morgan fingerprint density at radius 2 is 1.76 bits per heavy atom. The third kappa shape index (κ3) is 6.95. The highest BCUT2D eigenvalue weighted by atomic mass is 16.6. The maximum Gasteiger partial charge on any atom is 0.408 e. The van der Waals surface area contributed by atoms with Gasteiger partial charge in [-0.25, -0.2) is 4.79 Å². The summed E-state index contributed by atoms with van der Waals surface area (Å²) in [5.74, 6) is -0.652. The number of hydrogen-bond acceptors (Lipinski definition) is 5. The summed E-state index contributed by atoms with van der Waals surface area (Å²) in [7, 11) is 0. The molecule has 0 bridgehead atoms. The van der Waals surface area contributed by atoms with E-state index in [1.54, 1.807) is 30.6 Å². The maximum absolute atomic E-state index is 12.8. The summed E-state index contributed by atoms with van der Waals surface area (Å²) in [6, 6.07) is 9.70. The minimum atomic E-state index is -0.621. The van der Waals surface area contributed by atoms with Crippen LogP contribution in [0.2, 0.25) is 0 Å². The summed E-state index contributed by atoms with van der Waals surface area (Å²) in [5.41, 5.74) is 0.430. The van der Waals surface area contributed by atoms with Crippen molar-refractivity contribution in [2.24, 2.45) is 5.92 Å². The largest absolute Gasteiger partial charge is 0.444 e. The minimum absolute atomic E-state index is 0.00518. The summed E-state index contributed by atoms with van der Waals surface area (Å²) in [6.07, 6.45) is 0.866. The summed E-state index contributed by atoms with van der Waals surface area (Å²) in [5, 5.41) is 5.56. The Labute approximate surface area is 201 Å². The number of alkyl carbamates (subject to hydrolysis) is 1. The number of benzene rings is 1. The van der Waals surface area contributed by atoms with Crippen LogP contribution in [-0.2, 0) is 19.1 Å². The standard InChI is InChI=1S/C25H36N4O5/c1-17(18-8-6-5-7-9-18)29-16-19(14-21(29)30)23(32)27-20-10-12-28(13-11-20)22(31)15-26-24(33)34-25(2,3)4/h5-9,17,19-20H,10-16H2,1-4H3,(H,26,33)(H,27,32). The van der Waals surface area contributed by atoms with Crippen molar-refractivity contribution < 1.29 is 23.9 Å². The second-order valence-corrected chi connectivity index (χ2v) is 10.1. The Kier molecular flexibility index (Phi) is 8.17. The van der Waals surface area contributed by atoms with Crippen LogP contribution < -0.4 is 10.6 Å². The van der Waals surface area contributed by atoms with E-state index < -0.39 is 11.7 Å². The molecule has 0 saturated carbocycles. The first-order valence-electron chi connectivity index (χ1n) is 11.9. The number of likely N-dealkylation sites (tertiary alicyclic amines) is 2. The number of carbonyl (C=O) groups is 4. The maximum atomic E-state index is 12.8. The number of nitrogens with one attached hydrogen (secondary N) is 2. The molecule has 186 valence electrons. The SMILES string of the molecule is CC(c1ccccc1)N1CC(C(=O)NC2CCN(C(=O)CNC(=O)OC(C)(C)C)CC2)CC1=O. The van der Waals surface area contributed by atoms with E-state index in [1.165, 1.54) is 0 Å². The molecule has 0 aliphatic carbocycles. The molecule has 1 aromatic carbocycles. The van der Waals surface area contributed by atoms with Crippen LogP contribution in [-0.4, -0.2) is 71.4 Å². The van der Waals surface area contributed by atoms with Gasteiger partial charge in [-0.05, 0) is 46.1 Å². The van der Waals surface area contributed by atoms with Crippen LogP contribution in [0, 0.1) is 5.92 Å². The lowest BCUT2D eigenvalue weighted by Crippen LogP contribution is -2.50. The van der Waals surface area contributed by atoms with Crippen LogP contribution in [0.5, 0.6) is 0 Å². The zero-order chi connectivity index (χ0) is 24.9. The van der Waals surface area contributed by atoms with E-state index in [1.807, 2.05) is 37.3 Å². The Bertz CT molecular complexity index is 890. The topological polar surface area (TPSA) is 108 Å². The first-order chi connectivity index (χ1) is 16.0. The first kappa shape index (κ1) is 25.5. The average Bonchev–Trinajstić information content (AvgIpc) is 3.18. The van der Waals surface area contributed by atoms with Crippen molar-refractivity contribution in [1.82, 2.24) is 20.4 Å². The van der Waals surface area contributed by atoms with E-state index in [0.29, 0.717) is 32.5 Å². The zero-order valence-corrected chi connectivity index (χ0v) is 20.5. The first-order valence-corrected chi connectivity index (χ1v) is 11.9. The lowest BCUT2D eigenvalue weighted by atomic mass is 10.0. The number of piperidine rings is 1. The number of ether oxygens (including phenoxy) is 1. The summed E-state index contributed by atoms with van der Waals surface area (Å²) in [4.78, 5) is 53.0. The predicted molar refractivity (Wildman–Crippen MR) is 127 cm³/mol. The molecule has 2 unspecified atom stereocenters. The van der Waals surface area contributed by atoms with Crippen LogP contribution in [0.1, 0.15) is 58.6 Å². The third-order valence-electron chi connectivity index (χ3n) is 6.26. The highest BCUT2D eigenvalue weighted by molar-refractivity contribution is 5.89. The summed E-state index contributed by atoms with van der Waals surface area (Å²) < 4.78 is 5.14. The molecule has 2 heterocycles. The molecule has 2 atom stereocenters. The number of amides is 4. The molecule has 2 fully saturated rings. The van der Waals surface area contributed by atoms with Crippen molar-refractivity contribution in [3.8, 4) is 0 Å². The van der Waals surface area contributed by atoms with Crippen LogP contribution in [0.4, 0.5) is 4.79 Å². The fraction of sp³-hybridized carbons (Fsp3) is 0.600. The van der Waals surface area contributed by atoms with E-state index in [-0.39, 0.29) is 48.7 Å². The molecule has 34 heavy (non-hydrogen) atoms. The van der Waals surface area contributed by atoms with Crippen molar-refractivity contribution in [3.05, 3.63) is 35.9 Å². The lowest BCUT2D eigenvalue weighted by molar-refractivity contribution is -0.132. The van der Waals surface area contributed by atoms with Gasteiger partial charge < -0.3 is 25.2 Å². The Balaban J connectivity index is 1.41. The Hall–Kier alpha value is -3.10. The minimum Gasteiger partial charge on any atom is -0.444 e. The number of carbonyl (C=O) groups excluding carboxylic acids is 4. The van der Waals surface area contributed by atoms with Gasteiger partial charge in [0.15, 0.2) is 0 Å². The highest BCUT2D eigenvalue weighted by Crippen LogP contribution is 2.28. The van der Waals surface area contributed by atoms with E-state index in [2.05, 4.69) is 10.6 Å². The molecule has 4 amide bonds. The van der Waals surface area contributed by atoms with Gasteiger partial charge >= 0.3 is 6.09 Å². The van der Waals surface area contributed by atoms with Crippen LogP contribution in [0.25, 0.3) is 0 Å². The number of hydrogen-bond donors (Lipinski definition) is 2. The number of nitrogens with zero attached hydrogens (tertiary/aromatic N) is 2. The molecule has 2 saturated heterocycles. The second kappa shape index (κ2) is 10.9. The monoisotopic (exact) mass is 472 g/mol. The smallest absolute Gasteiger partial charge is 0.408 e. The van der Waals surface area contributed by atoms with Gasteiger partial charge in [0.25, 0.3) is 0 Å². The van der Waals surface area contributed by atoms with Crippen molar-refractivity contribution >= 4 is 23.8 Å². The Morgan fingerprint density at radius 3 is 2.38 bits per heavy atom. The van der Waals surface area contributed by atoms with Crippen LogP contribution in [0.3, 0.4) is 0 Å². The molecular weight excluding hydrogens is 436 g/mol. The van der Waals surface area contributed by atoms with Gasteiger partial charge in [-0.2, -0.15) is 0 Å². The Morgan fingerprint density at radius 1 is 1.12 bits per heavy atom. The molecule has 9 heteroatoms. The van der Waals surface area contributed by atoms with Crippen molar-refractivity contribution in [3.63, 3.8) is 0 Å². The predicted octanol–water partition coefficient (Wildman–Crippen LogP) is 2.23. The van der Waals surface area contributed by atoms with Gasteiger partial charge in [0.1, 0.15) is 12.1 Å². The van der Waals surface area contributed by atoms with Gasteiger partial charge in [0.2, 0.25) is 17.7 Å². The normalized spacial score (nSPS) is 20.1. The molecule has 0 spiro atoms. The van der Waals surface area contributed by atoms with Crippen LogP contribution in [0.15, 0.2) is 30.3 Å². The molecule has 1 aromatic rings. The molecule has 9 nitrogen and oxygen atoms in total. The molecule has 2 aliphatic rings. The molecule has 2 N–H and O–H groups in total. The summed E-state index contributed by atoms with van der Waals surface area (Å²) in [6.45, 7) is 8.56. The third-order valence-corrected chi connectivity index (χ3v) is 6.26. The molecule has 2 aliphatic heterocycles. The van der Waals surface area contributed by atoms with Crippen LogP contribution >= 0.6 is 0 Å². The quantitative estimate of drug-likeness (QED) is 0.660. The lowest BCUT2D eigenvalue weighted by Gasteiger charge is -2.33. The van der Waals surface area contributed by atoms with Crippen molar-refractivity contribution in [2.75, 3.05) is 26.2 Å². The average molecular weight is 473 g/mol.